The van der Waals surface area contributed by atoms with Crippen LogP contribution in [-0.4, -0.2) is 42.0 Å². The summed E-state index contributed by atoms with van der Waals surface area (Å²) in [6.45, 7) is 2.44. The molecule has 1 heterocycles. The van der Waals surface area contributed by atoms with E-state index in [1.54, 1.807) is 0 Å². The van der Waals surface area contributed by atoms with Gasteiger partial charge in [0.15, 0.2) is 0 Å². The van der Waals surface area contributed by atoms with Crippen LogP contribution in [0.4, 0.5) is 4.79 Å². The second-order valence-electron chi connectivity index (χ2n) is 11.0. The second kappa shape index (κ2) is 8.55. The molecule has 30 heavy (non-hydrogen) atoms. The topological polar surface area (TPSA) is 61.4 Å². The number of hydrogen-bond donors (Lipinski definition) is 2. The molecule has 3 amide bonds. The van der Waals surface area contributed by atoms with Gasteiger partial charge < -0.3 is 15.5 Å². The number of urea groups is 1. The minimum atomic E-state index is 0.00887. The highest BCUT2D eigenvalue weighted by molar-refractivity contribution is 5.77. The molecule has 2 N–H and O–H groups in total. The molecule has 1 aliphatic heterocycles. The summed E-state index contributed by atoms with van der Waals surface area (Å²) in [7, 11) is 0. The van der Waals surface area contributed by atoms with E-state index in [4.69, 9.17) is 0 Å². The highest BCUT2D eigenvalue weighted by Gasteiger charge is 2.51. The number of carbonyl (C=O) groups excluding carboxylic acids is 2. The maximum absolute atomic E-state index is 12.6. The molecule has 0 aromatic rings. The Morgan fingerprint density at radius 1 is 1.03 bits per heavy atom. The number of likely N-dealkylation sites (tertiary alicyclic amines) is 1. The van der Waals surface area contributed by atoms with Crippen LogP contribution in [0.25, 0.3) is 0 Å². The van der Waals surface area contributed by atoms with Gasteiger partial charge in [0.25, 0.3) is 0 Å². The van der Waals surface area contributed by atoms with Crippen molar-refractivity contribution in [1.82, 2.24) is 15.5 Å². The van der Waals surface area contributed by atoms with Crippen molar-refractivity contribution in [3.8, 4) is 0 Å². The number of amides is 3. The largest absolute Gasteiger partial charge is 0.339 e. The van der Waals surface area contributed by atoms with Gasteiger partial charge in [-0.05, 0) is 101 Å². The molecule has 0 radical (unpaired) electrons. The van der Waals surface area contributed by atoms with Crippen molar-refractivity contribution in [1.29, 1.82) is 0 Å². The van der Waals surface area contributed by atoms with E-state index in [0.717, 1.165) is 56.0 Å². The summed E-state index contributed by atoms with van der Waals surface area (Å²) >= 11 is 0. The fourth-order valence-electron chi connectivity index (χ4n) is 7.66. The predicted octanol–water partition coefficient (Wildman–Crippen LogP) is 4.38. The first kappa shape index (κ1) is 20.4. The van der Waals surface area contributed by atoms with Gasteiger partial charge in [0, 0.05) is 31.6 Å². The SMILES string of the molecule is O=C(NCCCCC(=O)N1CCC2CCCC=C2C1)NC12CC3CC(CC(C3)C1)C2. The van der Waals surface area contributed by atoms with E-state index in [1.165, 1.54) is 63.4 Å². The van der Waals surface area contributed by atoms with Crippen LogP contribution in [0.1, 0.15) is 83.5 Å². The standard InChI is InChI=1S/C25H39N3O2/c29-23(28-10-8-21-5-1-2-6-22(21)17-28)7-3-4-9-26-24(30)27-25-14-18-11-19(15-25)13-20(12-18)16-25/h6,18-21H,1-5,7-17H2,(H2,26,27,30). The fraction of sp³-hybridized carbons (Fsp3) is 0.840. The number of fused-ring (bicyclic) bond motifs is 1. The first-order valence-electron chi connectivity index (χ1n) is 12.6. The van der Waals surface area contributed by atoms with Gasteiger partial charge in [-0.1, -0.05) is 11.6 Å². The van der Waals surface area contributed by atoms with E-state index < -0.39 is 0 Å². The summed E-state index contributed by atoms with van der Waals surface area (Å²) in [4.78, 5) is 27.1. The number of rotatable bonds is 6. The van der Waals surface area contributed by atoms with Gasteiger partial charge >= 0.3 is 6.03 Å². The third-order valence-corrected chi connectivity index (χ3v) is 8.68. The highest BCUT2D eigenvalue weighted by Crippen LogP contribution is 2.55. The summed E-state index contributed by atoms with van der Waals surface area (Å²) in [6.07, 6.45) is 17.4. The Labute approximate surface area is 181 Å². The summed E-state index contributed by atoms with van der Waals surface area (Å²) < 4.78 is 0. The molecule has 6 aliphatic rings. The van der Waals surface area contributed by atoms with Crippen LogP contribution in [0.5, 0.6) is 0 Å². The van der Waals surface area contributed by atoms with Gasteiger partial charge in [-0.15, -0.1) is 0 Å². The van der Waals surface area contributed by atoms with Crippen molar-refractivity contribution in [2.24, 2.45) is 23.7 Å². The molecule has 1 atom stereocenters. The van der Waals surface area contributed by atoms with Crippen LogP contribution >= 0.6 is 0 Å². The quantitative estimate of drug-likeness (QED) is 0.501. The minimum Gasteiger partial charge on any atom is -0.339 e. The Hall–Kier alpha value is -1.52. The highest BCUT2D eigenvalue weighted by atomic mass is 16.2. The van der Waals surface area contributed by atoms with Crippen molar-refractivity contribution < 1.29 is 9.59 Å². The lowest BCUT2D eigenvalue weighted by atomic mass is 9.53. The molecule has 166 valence electrons. The summed E-state index contributed by atoms with van der Waals surface area (Å²) in [5.74, 6) is 3.56. The van der Waals surface area contributed by atoms with Crippen LogP contribution in [0.2, 0.25) is 0 Å². The van der Waals surface area contributed by atoms with Crippen LogP contribution in [0, 0.1) is 23.7 Å². The molecule has 5 nitrogen and oxygen atoms in total. The first-order chi connectivity index (χ1) is 14.6. The Morgan fingerprint density at radius 2 is 1.77 bits per heavy atom. The van der Waals surface area contributed by atoms with Crippen LogP contribution in [0.15, 0.2) is 11.6 Å². The van der Waals surface area contributed by atoms with E-state index in [0.29, 0.717) is 13.0 Å². The molecular formula is C25H39N3O2. The molecule has 5 heteroatoms. The van der Waals surface area contributed by atoms with Gasteiger partial charge in [0.1, 0.15) is 0 Å². The number of piperidine rings is 1. The average Bonchev–Trinajstić information content (AvgIpc) is 2.71. The summed E-state index contributed by atoms with van der Waals surface area (Å²) in [6, 6.07) is 0.00887. The number of hydrogen-bond acceptors (Lipinski definition) is 2. The maximum atomic E-state index is 12.6. The molecule has 4 bridgehead atoms. The van der Waals surface area contributed by atoms with Gasteiger partial charge in [-0.3, -0.25) is 4.79 Å². The van der Waals surface area contributed by atoms with Crippen LogP contribution in [-0.2, 0) is 4.79 Å². The first-order valence-corrected chi connectivity index (χ1v) is 12.6. The molecule has 0 aromatic heterocycles. The zero-order chi connectivity index (χ0) is 20.6. The normalized spacial score (nSPS) is 36.8. The third-order valence-electron chi connectivity index (χ3n) is 8.68. The predicted molar refractivity (Wildman–Crippen MR) is 118 cm³/mol. The average molecular weight is 414 g/mol. The lowest BCUT2D eigenvalue weighted by molar-refractivity contribution is -0.131. The number of carbonyl (C=O) groups is 2. The Balaban J connectivity index is 0.989. The van der Waals surface area contributed by atoms with Gasteiger partial charge in [0.2, 0.25) is 5.91 Å². The van der Waals surface area contributed by atoms with E-state index in [2.05, 4.69) is 21.6 Å². The Bertz CT molecular complexity index is 665. The Kier molecular flexibility index (Phi) is 5.81. The summed E-state index contributed by atoms with van der Waals surface area (Å²) in [5.41, 5.74) is 1.58. The maximum Gasteiger partial charge on any atom is 0.315 e. The molecule has 4 saturated carbocycles. The van der Waals surface area contributed by atoms with E-state index in [1.807, 2.05) is 0 Å². The van der Waals surface area contributed by atoms with Crippen molar-refractivity contribution in [3.63, 3.8) is 0 Å². The molecule has 6 rings (SSSR count). The number of nitrogens with zero attached hydrogens (tertiary/aromatic N) is 1. The summed E-state index contributed by atoms with van der Waals surface area (Å²) in [5, 5.41) is 6.43. The monoisotopic (exact) mass is 413 g/mol. The molecule has 1 unspecified atom stereocenters. The second-order valence-corrected chi connectivity index (χ2v) is 11.0. The van der Waals surface area contributed by atoms with Gasteiger partial charge in [0.05, 0.1) is 0 Å². The fourth-order valence-corrected chi connectivity index (χ4v) is 7.66. The zero-order valence-corrected chi connectivity index (χ0v) is 18.5. The molecule has 5 fully saturated rings. The smallest absolute Gasteiger partial charge is 0.315 e. The van der Waals surface area contributed by atoms with Crippen molar-refractivity contribution in [3.05, 3.63) is 11.6 Å². The number of nitrogens with one attached hydrogen (secondary N) is 2. The Morgan fingerprint density at radius 3 is 2.50 bits per heavy atom. The van der Waals surface area contributed by atoms with Crippen LogP contribution < -0.4 is 10.6 Å². The van der Waals surface area contributed by atoms with Crippen LogP contribution in [0.3, 0.4) is 0 Å². The van der Waals surface area contributed by atoms with Gasteiger partial charge in [-0.25, -0.2) is 4.79 Å². The molecular weight excluding hydrogens is 374 g/mol. The zero-order valence-electron chi connectivity index (χ0n) is 18.5. The molecule has 0 spiro atoms. The van der Waals surface area contributed by atoms with E-state index in [-0.39, 0.29) is 17.5 Å². The van der Waals surface area contributed by atoms with Crippen molar-refractivity contribution in [2.45, 2.75) is 89.0 Å². The van der Waals surface area contributed by atoms with Gasteiger partial charge in [-0.2, -0.15) is 0 Å². The lowest BCUT2D eigenvalue weighted by Gasteiger charge is -2.56. The van der Waals surface area contributed by atoms with Crippen molar-refractivity contribution in [2.75, 3.05) is 19.6 Å². The van der Waals surface area contributed by atoms with E-state index >= 15 is 0 Å². The minimum absolute atomic E-state index is 0.00887. The van der Waals surface area contributed by atoms with E-state index in [9.17, 15) is 9.59 Å². The van der Waals surface area contributed by atoms with Crippen molar-refractivity contribution >= 4 is 11.9 Å². The number of unbranched alkanes of at least 4 members (excludes halogenated alkanes) is 1. The number of allylic oxidation sites excluding steroid dienone is 1. The third kappa shape index (κ3) is 4.40. The lowest BCUT2D eigenvalue weighted by Crippen LogP contribution is -2.61. The molecule has 1 saturated heterocycles. The molecule has 0 aromatic carbocycles. The molecule has 5 aliphatic carbocycles.